The van der Waals surface area contributed by atoms with E-state index in [0.717, 1.165) is 18.8 Å². The van der Waals surface area contributed by atoms with Gasteiger partial charge in [0, 0.05) is 37.8 Å². The maximum atomic E-state index is 13.6. The molecule has 1 amide bonds. The maximum Gasteiger partial charge on any atom is 0.221 e. The van der Waals surface area contributed by atoms with E-state index >= 15 is 0 Å². The first-order valence-corrected chi connectivity index (χ1v) is 6.54. The van der Waals surface area contributed by atoms with E-state index in [2.05, 4.69) is 29.4 Å². The lowest BCUT2D eigenvalue weighted by Gasteiger charge is -2.37. The highest BCUT2D eigenvalue weighted by Crippen LogP contribution is 2.24. The molecule has 1 aliphatic heterocycles. The van der Waals surface area contributed by atoms with Crippen LogP contribution in [0.3, 0.4) is 0 Å². The van der Waals surface area contributed by atoms with Gasteiger partial charge in [-0.3, -0.25) is 4.79 Å². The average molecular weight is 265 g/mol. The van der Waals surface area contributed by atoms with E-state index in [1.807, 2.05) is 0 Å². The van der Waals surface area contributed by atoms with E-state index < -0.39 is 5.82 Å². The van der Waals surface area contributed by atoms with Crippen molar-refractivity contribution in [2.24, 2.45) is 0 Å². The molecule has 1 aromatic carbocycles. The molecule has 5 heteroatoms. The van der Waals surface area contributed by atoms with Crippen molar-refractivity contribution in [2.75, 3.05) is 23.3 Å². The van der Waals surface area contributed by atoms with Crippen molar-refractivity contribution >= 4 is 17.3 Å². The van der Waals surface area contributed by atoms with Crippen molar-refractivity contribution in [1.29, 1.82) is 0 Å². The fourth-order valence-corrected chi connectivity index (χ4v) is 2.53. The second-order valence-corrected chi connectivity index (χ2v) is 5.22. The van der Waals surface area contributed by atoms with Crippen LogP contribution in [0.15, 0.2) is 18.2 Å². The third kappa shape index (κ3) is 3.44. The SMILES string of the molecule is CC(=O)Nc1cc(N2C[C@@H](C)N[C@@H](C)C2)ccc1F. The molecule has 2 N–H and O–H groups in total. The number of hydrogen-bond donors (Lipinski definition) is 2. The van der Waals surface area contributed by atoms with Crippen LogP contribution < -0.4 is 15.5 Å². The molecule has 0 aromatic heterocycles. The number of halogens is 1. The Bertz CT molecular complexity index is 468. The molecule has 0 radical (unpaired) electrons. The van der Waals surface area contributed by atoms with Gasteiger partial charge >= 0.3 is 0 Å². The topological polar surface area (TPSA) is 44.4 Å². The molecule has 1 aliphatic rings. The van der Waals surface area contributed by atoms with Crippen molar-refractivity contribution in [3.8, 4) is 0 Å². The maximum absolute atomic E-state index is 13.6. The number of carbonyl (C=O) groups excluding carboxylic acids is 1. The molecule has 2 atom stereocenters. The Labute approximate surface area is 113 Å². The van der Waals surface area contributed by atoms with Crippen molar-refractivity contribution < 1.29 is 9.18 Å². The van der Waals surface area contributed by atoms with Crippen LogP contribution in [0.1, 0.15) is 20.8 Å². The highest BCUT2D eigenvalue weighted by molar-refractivity contribution is 5.89. The van der Waals surface area contributed by atoms with E-state index in [4.69, 9.17) is 0 Å². The number of hydrogen-bond acceptors (Lipinski definition) is 3. The first-order chi connectivity index (χ1) is 8.95. The second-order valence-electron chi connectivity index (χ2n) is 5.22. The van der Waals surface area contributed by atoms with E-state index in [9.17, 15) is 9.18 Å². The molecule has 0 spiro atoms. The Morgan fingerprint density at radius 3 is 2.58 bits per heavy atom. The minimum Gasteiger partial charge on any atom is -0.368 e. The summed E-state index contributed by atoms with van der Waals surface area (Å²) in [5.74, 6) is -0.673. The van der Waals surface area contributed by atoms with Crippen LogP contribution in [0.4, 0.5) is 15.8 Å². The molecule has 1 aromatic rings. The van der Waals surface area contributed by atoms with Gasteiger partial charge in [0.2, 0.25) is 5.91 Å². The van der Waals surface area contributed by atoms with Gasteiger partial charge in [-0.05, 0) is 32.0 Å². The van der Waals surface area contributed by atoms with Gasteiger partial charge in [-0.2, -0.15) is 0 Å². The molecular weight excluding hydrogens is 245 g/mol. The summed E-state index contributed by atoms with van der Waals surface area (Å²) in [6, 6.07) is 5.63. The summed E-state index contributed by atoms with van der Waals surface area (Å²) < 4.78 is 13.6. The summed E-state index contributed by atoms with van der Waals surface area (Å²) in [4.78, 5) is 13.3. The summed E-state index contributed by atoms with van der Waals surface area (Å²) in [5, 5.41) is 5.97. The summed E-state index contributed by atoms with van der Waals surface area (Å²) in [5.41, 5.74) is 1.18. The summed E-state index contributed by atoms with van der Waals surface area (Å²) in [6.45, 7) is 7.37. The predicted octanol–water partition coefficient (Wildman–Crippen LogP) is 1.97. The van der Waals surface area contributed by atoms with Gasteiger partial charge in [-0.15, -0.1) is 0 Å². The summed E-state index contributed by atoms with van der Waals surface area (Å²) in [6.07, 6.45) is 0. The fourth-order valence-electron chi connectivity index (χ4n) is 2.53. The van der Waals surface area contributed by atoms with Crippen LogP contribution in [0.2, 0.25) is 0 Å². The third-order valence-electron chi connectivity index (χ3n) is 3.18. The van der Waals surface area contributed by atoms with Crippen LogP contribution in [-0.2, 0) is 4.79 Å². The van der Waals surface area contributed by atoms with Crippen molar-refractivity contribution in [3.63, 3.8) is 0 Å². The zero-order valence-electron chi connectivity index (χ0n) is 11.5. The number of nitrogens with zero attached hydrogens (tertiary/aromatic N) is 1. The normalized spacial score (nSPS) is 23.3. The Morgan fingerprint density at radius 2 is 2.00 bits per heavy atom. The molecule has 0 aliphatic carbocycles. The van der Waals surface area contributed by atoms with Gasteiger partial charge in [0.15, 0.2) is 0 Å². The molecule has 1 fully saturated rings. The Morgan fingerprint density at radius 1 is 1.37 bits per heavy atom. The second kappa shape index (κ2) is 5.57. The number of amides is 1. The van der Waals surface area contributed by atoms with E-state index in [-0.39, 0.29) is 11.6 Å². The van der Waals surface area contributed by atoms with Crippen LogP contribution in [-0.4, -0.2) is 31.1 Å². The highest BCUT2D eigenvalue weighted by Gasteiger charge is 2.21. The number of piperazine rings is 1. The molecule has 0 bridgehead atoms. The van der Waals surface area contributed by atoms with Crippen molar-refractivity contribution in [2.45, 2.75) is 32.9 Å². The molecule has 4 nitrogen and oxygen atoms in total. The van der Waals surface area contributed by atoms with Crippen LogP contribution >= 0.6 is 0 Å². The lowest BCUT2D eigenvalue weighted by molar-refractivity contribution is -0.114. The van der Waals surface area contributed by atoms with Gasteiger partial charge in [0.05, 0.1) is 5.69 Å². The quantitative estimate of drug-likeness (QED) is 0.859. The van der Waals surface area contributed by atoms with Crippen LogP contribution in [0.25, 0.3) is 0 Å². The third-order valence-corrected chi connectivity index (χ3v) is 3.18. The first kappa shape index (κ1) is 13.8. The molecule has 0 unspecified atom stereocenters. The lowest BCUT2D eigenvalue weighted by atomic mass is 10.1. The first-order valence-electron chi connectivity index (χ1n) is 6.54. The Hall–Kier alpha value is -1.62. The van der Waals surface area contributed by atoms with Crippen LogP contribution in [0, 0.1) is 5.82 Å². The van der Waals surface area contributed by atoms with E-state index in [0.29, 0.717) is 12.1 Å². The van der Waals surface area contributed by atoms with Gasteiger partial charge in [0.25, 0.3) is 0 Å². The van der Waals surface area contributed by atoms with Crippen molar-refractivity contribution in [3.05, 3.63) is 24.0 Å². The molecule has 1 heterocycles. The smallest absolute Gasteiger partial charge is 0.221 e. The van der Waals surface area contributed by atoms with Gasteiger partial charge in [-0.1, -0.05) is 0 Å². The number of nitrogens with one attached hydrogen (secondary N) is 2. The van der Waals surface area contributed by atoms with Gasteiger partial charge in [0.1, 0.15) is 5.82 Å². The minimum absolute atomic E-state index is 0.240. The standard InChI is InChI=1S/C14H20FN3O/c1-9-7-18(8-10(2)16-9)12-4-5-13(15)14(6-12)17-11(3)19/h4-6,9-10,16H,7-8H2,1-3H3,(H,17,19)/t9-,10+. The van der Waals surface area contributed by atoms with Gasteiger partial charge < -0.3 is 15.5 Å². The molecule has 0 saturated carbocycles. The average Bonchev–Trinajstić information content (AvgIpc) is 2.30. The van der Waals surface area contributed by atoms with E-state index in [1.165, 1.54) is 13.0 Å². The van der Waals surface area contributed by atoms with Crippen LogP contribution in [0.5, 0.6) is 0 Å². The van der Waals surface area contributed by atoms with Crippen molar-refractivity contribution in [1.82, 2.24) is 5.32 Å². The summed E-state index contributed by atoms with van der Waals surface area (Å²) >= 11 is 0. The largest absolute Gasteiger partial charge is 0.368 e. The Balaban J connectivity index is 2.22. The predicted molar refractivity (Wildman–Crippen MR) is 75.0 cm³/mol. The van der Waals surface area contributed by atoms with Gasteiger partial charge in [-0.25, -0.2) is 4.39 Å². The Kier molecular flexibility index (Phi) is 4.04. The number of anilines is 2. The summed E-state index contributed by atoms with van der Waals surface area (Å²) in [7, 11) is 0. The zero-order chi connectivity index (χ0) is 14.0. The molecule has 2 rings (SSSR count). The molecule has 104 valence electrons. The number of benzene rings is 1. The molecular formula is C14H20FN3O. The fraction of sp³-hybridized carbons (Fsp3) is 0.500. The zero-order valence-corrected chi connectivity index (χ0v) is 11.5. The molecule has 19 heavy (non-hydrogen) atoms. The highest BCUT2D eigenvalue weighted by atomic mass is 19.1. The number of carbonyl (C=O) groups is 1. The lowest BCUT2D eigenvalue weighted by Crippen LogP contribution is -2.54. The molecule has 1 saturated heterocycles. The number of rotatable bonds is 2. The van der Waals surface area contributed by atoms with E-state index in [1.54, 1.807) is 12.1 Å². The minimum atomic E-state index is -0.407. The monoisotopic (exact) mass is 265 g/mol.